The average Bonchev–Trinajstić information content (AvgIpc) is 3.12. The van der Waals surface area contributed by atoms with Crippen molar-refractivity contribution in [3.8, 4) is 0 Å². The molecular weight excluding hydrogens is 362 g/mol. The van der Waals surface area contributed by atoms with E-state index in [2.05, 4.69) is 73.7 Å². The Hall–Kier alpha value is -3.48. The van der Waals surface area contributed by atoms with E-state index in [0.717, 1.165) is 47.9 Å². The summed E-state index contributed by atoms with van der Waals surface area (Å²) >= 11 is 0. The summed E-state index contributed by atoms with van der Waals surface area (Å²) < 4.78 is 0. The largest absolute Gasteiger partial charge is 0.372 e. The van der Waals surface area contributed by atoms with Crippen LogP contribution in [-0.4, -0.2) is 39.5 Å². The molecule has 0 spiro atoms. The fourth-order valence-corrected chi connectivity index (χ4v) is 3.41. The van der Waals surface area contributed by atoms with E-state index in [1.54, 1.807) is 6.21 Å². The maximum atomic E-state index is 4.46. The Morgan fingerprint density at radius 2 is 1.76 bits per heavy atom. The average molecular weight is 387 g/mol. The quantitative estimate of drug-likeness (QED) is 0.342. The molecule has 0 atom stereocenters. The first-order chi connectivity index (χ1) is 14.3. The Labute approximate surface area is 169 Å². The number of rotatable bonds is 8. The Balaban J connectivity index is 1.45. The van der Waals surface area contributed by atoms with Crippen molar-refractivity contribution < 1.29 is 0 Å². The van der Waals surface area contributed by atoms with Gasteiger partial charge in [-0.2, -0.15) is 10.1 Å². The lowest BCUT2D eigenvalue weighted by molar-refractivity contribution is 0.745. The van der Waals surface area contributed by atoms with Crippen LogP contribution in [0.15, 0.2) is 53.6 Å². The van der Waals surface area contributed by atoms with Crippen LogP contribution < -0.4 is 10.3 Å². The van der Waals surface area contributed by atoms with Gasteiger partial charge in [-0.3, -0.25) is 0 Å². The topological polar surface area (TPSA) is 82.1 Å². The molecule has 0 amide bonds. The van der Waals surface area contributed by atoms with E-state index < -0.39 is 0 Å². The molecule has 2 aromatic carbocycles. The number of hydrazone groups is 1. The normalized spacial score (nSPS) is 11.5. The van der Waals surface area contributed by atoms with E-state index in [4.69, 9.17) is 0 Å². The lowest BCUT2D eigenvalue weighted by Crippen LogP contribution is -2.24. The summed E-state index contributed by atoms with van der Waals surface area (Å²) in [5, 5.41) is 13.7. The van der Waals surface area contributed by atoms with Crippen molar-refractivity contribution >= 4 is 39.9 Å². The fraction of sp³-hybridized carbons (Fsp3) is 0.273. The standard InChI is InChI=1S/C22H25N7/c1-3-13-29(14-4-2)17-11-9-16(10-12-17)15-23-27-22-25-21-20(26-28-22)18-7-5-6-8-19(18)24-21/h5-12,15H,3-4,13-14H2,1-2H3,(H2,24,25,27,28)/b23-15-. The molecule has 148 valence electrons. The number of H-pyrrole nitrogens is 1. The second-order valence-corrected chi connectivity index (χ2v) is 6.95. The first kappa shape index (κ1) is 18.9. The van der Waals surface area contributed by atoms with Gasteiger partial charge in [-0.15, -0.1) is 10.2 Å². The molecule has 0 fully saturated rings. The SMILES string of the molecule is CCCN(CCC)c1ccc(/C=N\Nc2nnc3c(n2)[nH]c2ccccc23)cc1. The van der Waals surface area contributed by atoms with Crippen LogP contribution in [0, 0.1) is 0 Å². The van der Waals surface area contributed by atoms with E-state index in [9.17, 15) is 0 Å². The molecule has 4 rings (SSSR count). The van der Waals surface area contributed by atoms with Gasteiger partial charge in [-0.05, 0) is 36.6 Å². The van der Waals surface area contributed by atoms with Crippen LogP contribution >= 0.6 is 0 Å². The van der Waals surface area contributed by atoms with Gasteiger partial charge in [0.25, 0.3) is 5.95 Å². The number of benzene rings is 2. The third-order valence-electron chi connectivity index (χ3n) is 4.75. The second kappa shape index (κ2) is 8.68. The van der Waals surface area contributed by atoms with Crippen molar-refractivity contribution in [1.82, 2.24) is 20.2 Å². The minimum Gasteiger partial charge on any atom is -0.372 e. The van der Waals surface area contributed by atoms with Crippen molar-refractivity contribution in [1.29, 1.82) is 0 Å². The van der Waals surface area contributed by atoms with Crippen LogP contribution in [0.4, 0.5) is 11.6 Å². The van der Waals surface area contributed by atoms with Crippen LogP contribution in [0.25, 0.3) is 22.1 Å². The fourth-order valence-electron chi connectivity index (χ4n) is 3.41. The van der Waals surface area contributed by atoms with Crippen molar-refractivity contribution in [3.05, 3.63) is 54.1 Å². The molecule has 29 heavy (non-hydrogen) atoms. The molecule has 0 saturated carbocycles. The summed E-state index contributed by atoms with van der Waals surface area (Å²) in [5.41, 5.74) is 7.56. The molecule has 0 unspecified atom stereocenters. The van der Waals surface area contributed by atoms with E-state index in [1.807, 2.05) is 24.3 Å². The molecular formula is C22H25N7. The first-order valence-corrected chi connectivity index (χ1v) is 10.0. The number of aromatic amines is 1. The van der Waals surface area contributed by atoms with Crippen molar-refractivity contribution in [2.75, 3.05) is 23.4 Å². The predicted octanol–water partition coefficient (Wildman–Crippen LogP) is 4.58. The Bertz CT molecular complexity index is 1110. The summed E-state index contributed by atoms with van der Waals surface area (Å²) in [4.78, 5) is 10.1. The van der Waals surface area contributed by atoms with Gasteiger partial charge in [0.2, 0.25) is 0 Å². The molecule has 7 heteroatoms. The monoisotopic (exact) mass is 387 g/mol. The van der Waals surface area contributed by atoms with Gasteiger partial charge in [0.05, 0.1) is 6.21 Å². The van der Waals surface area contributed by atoms with E-state index in [0.29, 0.717) is 11.6 Å². The molecule has 0 aliphatic heterocycles. The van der Waals surface area contributed by atoms with Crippen molar-refractivity contribution in [2.24, 2.45) is 5.10 Å². The molecule has 0 saturated heterocycles. The van der Waals surface area contributed by atoms with Gasteiger partial charge >= 0.3 is 0 Å². The minimum atomic E-state index is 0.356. The smallest absolute Gasteiger partial charge is 0.265 e. The highest BCUT2D eigenvalue weighted by molar-refractivity contribution is 6.03. The number of aromatic nitrogens is 4. The number of hydrogen-bond donors (Lipinski definition) is 2. The van der Waals surface area contributed by atoms with Gasteiger partial charge in [-0.25, -0.2) is 5.43 Å². The van der Waals surface area contributed by atoms with Gasteiger partial charge in [-0.1, -0.05) is 44.2 Å². The predicted molar refractivity (Wildman–Crippen MR) is 120 cm³/mol. The number of hydrogen-bond acceptors (Lipinski definition) is 6. The molecule has 0 aliphatic rings. The lowest BCUT2D eigenvalue weighted by Gasteiger charge is -2.23. The van der Waals surface area contributed by atoms with E-state index in [-0.39, 0.29) is 0 Å². The van der Waals surface area contributed by atoms with Crippen LogP contribution in [0.5, 0.6) is 0 Å². The molecule has 7 nitrogen and oxygen atoms in total. The molecule has 2 aromatic heterocycles. The minimum absolute atomic E-state index is 0.356. The lowest BCUT2D eigenvalue weighted by atomic mass is 10.2. The summed E-state index contributed by atoms with van der Waals surface area (Å²) in [6.45, 7) is 6.56. The molecule has 2 heterocycles. The van der Waals surface area contributed by atoms with Gasteiger partial charge < -0.3 is 9.88 Å². The summed E-state index contributed by atoms with van der Waals surface area (Å²) in [6.07, 6.45) is 4.04. The zero-order chi connectivity index (χ0) is 20.1. The number of nitrogens with zero attached hydrogens (tertiary/aromatic N) is 5. The van der Waals surface area contributed by atoms with Crippen LogP contribution in [0.3, 0.4) is 0 Å². The highest BCUT2D eigenvalue weighted by Gasteiger charge is 2.08. The van der Waals surface area contributed by atoms with E-state index >= 15 is 0 Å². The van der Waals surface area contributed by atoms with E-state index in [1.165, 1.54) is 5.69 Å². The maximum absolute atomic E-state index is 4.46. The van der Waals surface area contributed by atoms with Gasteiger partial charge in [0.1, 0.15) is 5.52 Å². The summed E-state index contributed by atoms with van der Waals surface area (Å²) in [5.74, 6) is 0.356. The van der Waals surface area contributed by atoms with Crippen molar-refractivity contribution in [3.63, 3.8) is 0 Å². The molecule has 2 N–H and O–H groups in total. The third-order valence-corrected chi connectivity index (χ3v) is 4.75. The number of para-hydroxylation sites is 1. The second-order valence-electron chi connectivity index (χ2n) is 6.95. The molecule has 0 radical (unpaired) electrons. The summed E-state index contributed by atoms with van der Waals surface area (Å²) in [7, 11) is 0. The number of fused-ring (bicyclic) bond motifs is 3. The number of nitrogens with one attached hydrogen (secondary N) is 2. The Morgan fingerprint density at radius 1 is 1.00 bits per heavy atom. The Morgan fingerprint density at radius 3 is 2.52 bits per heavy atom. The maximum Gasteiger partial charge on any atom is 0.265 e. The molecule has 4 aromatic rings. The Kier molecular flexibility index (Phi) is 5.65. The first-order valence-electron chi connectivity index (χ1n) is 10.0. The van der Waals surface area contributed by atoms with Gasteiger partial charge in [0, 0.05) is 29.7 Å². The highest BCUT2D eigenvalue weighted by Crippen LogP contribution is 2.21. The van der Waals surface area contributed by atoms with Crippen LogP contribution in [0.2, 0.25) is 0 Å². The van der Waals surface area contributed by atoms with Gasteiger partial charge in [0.15, 0.2) is 5.65 Å². The van der Waals surface area contributed by atoms with Crippen molar-refractivity contribution in [2.45, 2.75) is 26.7 Å². The van der Waals surface area contributed by atoms with Crippen LogP contribution in [-0.2, 0) is 0 Å². The molecule has 0 aliphatic carbocycles. The highest BCUT2D eigenvalue weighted by atomic mass is 15.4. The number of anilines is 2. The zero-order valence-electron chi connectivity index (χ0n) is 16.8. The molecule has 0 bridgehead atoms. The van der Waals surface area contributed by atoms with Crippen LogP contribution in [0.1, 0.15) is 32.3 Å². The summed E-state index contributed by atoms with van der Waals surface area (Å²) in [6, 6.07) is 16.4. The zero-order valence-corrected chi connectivity index (χ0v) is 16.8. The third kappa shape index (κ3) is 4.18.